The van der Waals surface area contributed by atoms with E-state index in [1.54, 1.807) is 7.05 Å². The maximum Gasteiger partial charge on any atom is 0.320 e. The first-order valence-electron chi connectivity index (χ1n) is 7.04. The average Bonchev–Trinajstić information content (AvgIpc) is 2.41. The summed E-state index contributed by atoms with van der Waals surface area (Å²) in [6.07, 6.45) is 1.52. The third-order valence-corrected chi connectivity index (χ3v) is 2.78. The van der Waals surface area contributed by atoms with E-state index in [1.807, 2.05) is 0 Å². The number of ketones is 2. The van der Waals surface area contributed by atoms with Crippen molar-refractivity contribution in [2.75, 3.05) is 33.5 Å². The number of aliphatic carboxylic acids is 1. The number of carboxylic acids is 1. The van der Waals surface area contributed by atoms with Crippen LogP contribution in [-0.4, -0.2) is 62.2 Å². The van der Waals surface area contributed by atoms with Crippen LogP contribution in [-0.2, 0) is 23.9 Å². The molecule has 0 heterocycles. The summed E-state index contributed by atoms with van der Waals surface area (Å²) >= 11 is 0. The molecule has 0 saturated heterocycles. The third kappa shape index (κ3) is 12.2. The molecule has 0 aromatic rings. The van der Waals surface area contributed by atoms with Gasteiger partial charge >= 0.3 is 5.97 Å². The van der Waals surface area contributed by atoms with Gasteiger partial charge in [0.25, 0.3) is 0 Å². The molecule has 0 amide bonds. The van der Waals surface area contributed by atoms with Crippen LogP contribution >= 0.6 is 0 Å². The van der Waals surface area contributed by atoms with Crippen molar-refractivity contribution < 1.29 is 29.0 Å². The minimum Gasteiger partial charge on any atom is -0.480 e. The van der Waals surface area contributed by atoms with Gasteiger partial charge in [0.2, 0.25) is 0 Å². The molecule has 0 spiro atoms. The molecule has 0 radical (unpaired) electrons. The normalized spacial score (nSPS) is 12.1. The van der Waals surface area contributed by atoms with E-state index >= 15 is 0 Å². The van der Waals surface area contributed by atoms with Crippen LogP contribution in [0.15, 0.2) is 0 Å². The zero-order chi connectivity index (χ0) is 16.1. The van der Waals surface area contributed by atoms with Gasteiger partial charge in [-0.15, -0.1) is 0 Å². The van der Waals surface area contributed by atoms with E-state index in [4.69, 9.17) is 14.6 Å². The topological polar surface area (TPSA) is 102 Å². The second-order valence-corrected chi connectivity index (χ2v) is 4.73. The van der Waals surface area contributed by atoms with E-state index in [2.05, 4.69) is 5.32 Å². The summed E-state index contributed by atoms with van der Waals surface area (Å²) in [4.78, 5) is 32.9. The van der Waals surface area contributed by atoms with Crippen LogP contribution < -0.4 is 5.32 Å². The summed E-state index contributed by atoms with van der Waals surface area (Å²) in [5.74, 6) is -0.936. The Bertz CT molecular complexity index is 331. The van der Waals surface area contributed by atoms with Crippen LogP contribution in [0.25, 0.3) is 0 Å². The van der Waals surface area contributed by atoms with Gasteiger partial charge in [-0.2, -0.15) is 0 Å². The van der Waals surface area contributed by atoms with E-state index in [0.29, 0.717) is 39.1 Å². The number of carbonyl (C=O) groups is 3. The fourth-order valence-electron chi connectivity index (χ4n) is 1.63. The molecule has 0 aromatic carbocycles. The number of ether oxygens (including phenoxy) is 2. The van der Waals surface area contributed by atoms with Crippen LogP contribution in [0.4, 0.5) is 0 Å². The summed E-state index contributed by atoms with van der Waals surface area (Å²) in [6, 6.07) is -0.677. The van der Waals surface area contributed by atoms with E-state index in [9.17, 15) is 14.4 Å². The van der Waals surface area contributed by atoms with Crippen LogP contribution in [0.2, 0.25) is 0 Å². The SMILES string of the molecule is CNC(CCC(=O)CCCOCCOCC(C)=O)C(=O)O. The number of Topliss-reactive ketones (excluding diaryl/α,β-unsaturated/α-hetero) is 2. The quantitative estimate of drug-likeness (QED) is 0.448. The van der Waals surface area contributed by atoms with Gasteiger partial charge in [-0.3, -0.25) is 14.4 Å². The van der Waals surface area contributed by atoms with Crippen LogP contribution in [0.1, 0.15) is 32.6 Å². The summed E-state index contributed by atoms with van der Waals surface area (Å²) in [5, 5.41) is 11.5. The monoisotopic (exact) mass is 303 g/mol. The maximum atomic E-state index is 11.6. The Morgan fingerprint density at radius 1 is 1.10 bits per heavy atom. The van der Waals surface area contributed by atoms with Gasteiger partial charge in [-0.05, 0) is 26.8 Å². The molecular formula is C14H25NO6. The molecule has 0 fully saturated rings. The van der Waals surface area contributed by atoms with Crippen molar-refractivity contribution in [3.05, 3.63) is 0 Å². The lowest BCUT2D eigenvalue weighted by Crippen LogP contribution is -2.34. The predicted molar refractivity (Wildman–Crippen MR) is 76.3 cm³/mol. The van der Waals surface area contributed by atoms with Crippen LogP contribution in [0.5, 0.6) is 0 Å². The average molecular weight is 303 g/mol. The summed E-state index contributed by atoms with van der Waals surface area (Å²) in [7, 11) is 1.56. The van der Waals surface area contributed by atoms with Gasteiger partial charge in [0.1, 0.15) is 18.4 Å². The highest BCUT2D eigenvalue weighted by Gasteiger charge is 2.15. The summed E-state index contributed by atoms with van der Waals surface area (Å²) < 4.78 is 10.3. The second-order valence-electron chi connectivity index (χ2n) is 4.73. The van der Waals surface area contributed by atoms with Gasteiger partial charge in [-0.1, -0.05) is 0 Å². The fraction of sp³-hybridized carbons (Fsp3) is 0.786. The van der Waals surface area contributed by atoms with Crippen molar-refractivity contribution in [1.29, 1.82) is 0 Å². The van der Waals surface area contributed by atoms with Crippen molar-refractivity contribution in [3.63, 3.8) is 0 Å². The maximum absolute atomic E-state index is 11.6. The molecule has 1 unspecified atom stereocenters. The number of nitrogens with one attached hydrogen (secondary N) is 1. The molecule has 0 saturated carbocycles. The van der Waals surface area contributed by atoms with E-state index in [-0.39, 0.29) is 24.6 Å². The standard InChI is InChI=1S/C14H25NO6/c1-11(16)10-21-9-8-20-7-3-4-12(17)5-6-13(15-2)14(18)19/h13,15H,3-10H2,1-2H3,(H,18,19). The molecule has 0 aromatic heterocycles. The number of hydrogen-bond donors (Lipinski definition) is 2. The Morgan fingerprint density at radius 2 is 1.76 bits per heavy atom. The Morgan fingerprint density at radius 3 is 2.33 bits per heavy atom. The van der Waals surface area contributed by atoms with E-state index in [1.165, 1.54) is 6.92 Å². The van der Waals surface area contributed by atoms with Gasteiger partial charge < -0.3 is 19.9 Å². The van der Waals surface area contributed by atoms with Crippen molar-refractivity contribution in [2.45, 2.75) is 38.6 Å². The first-order chi connectivity index (χ1) is 9.97. The molecule has 7 heteroatoms. The highest BCUT2D eigenvalue weighted by Crippen LogP contribution is 2.03. The second kappa shape index (κ2) is 12.4. The zero-order valence-corrected chi connectivity index (χ0v) is 12.7. The highest BCUT2D eigenvalue weighted by atomic mass is 16.5. The number of likely N-dealkylation sites (N-methyl/N-ethyl adjacent to an activating group) is 1. The van der Waals surface area contributed by atoms with Crippen molar-refractivity contribution in [3.8, 4) is 0 Å². The number of carbonyl (C=O) groups excluding carboxylic acids is 2. The summed E-state index contributed by atoms with van der Waals surface area (Å²) in [5.41, 5.74) is 0. The molecule has 0 aliphatic carbocycles. The molecule has 2 N–H and O–H groups in total. The lowest BCUT2D eigenvalue weighted by molar-refractivity contribution is -0.139. The Hall–Kier alpha value is -1.31. The zero-order valence-electron chi connectivity index (χ0n) is 12.7. The minimum atomic E-state index is -0.945. The van der Waals surface area contributed by atoms with Crippen LogP contribution in [0, 0.1) is 0 Å². The Labute approximate surface area is 125 Å². The molecule has 0 aliphatic heterocycles. The first-order valence-corrected chi connectivity index (χ1v) is 7.04. The van der Waals surface area contributed by atoms with E-state index < -0.39 is 12.0 Å². The summed E-state index contributed by atoms with van der Waals surface area (Å²) in [6.45, 7) is 2.75. The van der Waals surface area contributed by atoms with Gasteiger partial charge in [-0.25, -0.2) is 0 Å². The Balaban J connectivity index is 3.45. The van der Waals surface area contributed by atoms with Gasteiger partial charge in [0.05, 0.1) is 13.2 Å². The molecule has 0 rings (SSSR count). The molecule has 7 nitrogen and oxygen atoms in total. The highest BCUT2D eigenvalue weighted by molar-refractivity contribution is 5.80. The minimum absolute atomic E-state index is 0.0261. The smallest absolute Gasteiger partial charge is 0.320 e. The fourth-order valence-corrected chi connectivity index (χ4v) is 1.63. The molecule has 1 atom stereocenters. The lowest BCUT2D eigenvalue weighted by Gasteiger charge is -2.10. The largest absolute Gasteiger partial charge is 0.480 e. The van der Waals surface area contributed by atoms with Crippen LogP contribution in [0.3, 0.4) is 0 Å². The molecule has 21 heavy (non-hydrogen) atoms. The van der Waals surface area contributed by atoms with Gasteiger partial charge in [0, 0.05) is 19.4 Å². The number of carboxylic acid groups (broad SMARTS) is 1. The van der Waals surface area contributed by atoms with Crippen molar-refractivity contribution in [2.24, 2.45) is 0 Å². The number of hydrogen-bond acceptors (Lipinski definition) is 6. The van der Waals surface area contributed by atoms with E-state index in [0.717, 1.165) is 0 Å². The molecule has 0 aliphatic rings. The predicted octanol–water partition coefficient (Wildman–Crippen LogP) is 0.411. The lowest BCUT2D eigenvalue weighted by atomic mass is 10.1. The number of rotatable bonds is 14. The third-order valence-electron chi connectivity index (χ3n) is 2.78. The van der Waals surface area contributed by atoms with Gasteiger partial charge in [0.15, 0.2) is 5.78 Å². The first kappa shape index (κ1) is 19.7. The van der Waals surface area contributed by atoms with Crippen molar-refractivity contribution in [1.82, 2.24) is 5.32 Å². The molecular weight excluding hydrogens is 278 g/mol. The van der Waals surface area contributed by atoms with Crippen molar-refractivity contribution >= 4 is 17.5 Å². The molecule has 0 bridgehead atoms. The molecule has 122 valence electrons. The Kier molecular flexibility index (Phi) is 11.7.